The summed E-state index contributed by atoms with van der Waals surface area (Å²) in [6, 6.07) is 22.0. The summed E-state index contributed by atoms with van der Waals surface area (Å²) in [6.07, 6.45) is 7.91. The van der Waals surface area contributed by atoms with Crippen molar-refractivity contribution in [2.45, 2.75) is 29.0 Å². The zero-order chi connectivity index (χ0) is 32.0. The standard InChI is InChI=1S/C36H34ClN3O5S/c1-2-45-27-17-15-26(16-18-27)38-20-6-10-29-30(33(38)42)31-34(43)40(28(22-41)23-8-4-3-5-9-23)32-35(44)39(21-7-19-36(31,32)46-29)25-13-11-24(37)12-14-25/h3-19,28-32,41H,2,20-22H2,1H3/t28-,29+,30-,31+,32?,36+/m1/s1. The highest BCUT2D eigenvalue weighted by Crippen LogP contribution is 2.62. The lowest BCUT2D eigenvalue weighted by Crippen LogP contribution is -2.54. The molecule has 3 aromatic carbocycles. The van der Waals surface area contributed by atoms with E-state index in [0.717, 1.165) is 5.56 Å². The number of halogens is 1. The van der Waals surface area contributed by atoms with Crippen LogP contribution in [0.2, 0.25) is 5.02 Å². The molecule has 4 aliphatic heterocycles. The van der Waals surface area contributed by atoms with Crippen molar-refractivity contribution in [3.63, 3.8) is 0 Å². The molecule has 236 valence electrons. The maximum absolute atomic E-state index is 14.9. The van der Waals surface area contributed by atoms with E-state index in [-0.39, 0.29) is 29.6 Å². The van der Waals surface area contributed by atoms with Gasteiger partial charge in [-0.15, -0.1) is 11.8 Å². The number of nitrogens with zero attached hydrogens (tertiary/aromatic N) is 3. The first-order valence-corrected chi connectivity index (χ1v) is 16.7. The van der Waals surface area contributed by atoms with Crippen LogP contribution in [0.3, 0.4) is 0 Å². The molecule has 0 bridgehead atoms. The number of thioether (sulfide) groups is 1. The predicted octanol–water partition coefficient (Wildman–Crippen LogP) is 5.28. The zero-order valence-electron chi connectivity index (χ0n) is 25.2. The molecule has 2 fully saturated rings. The van der Waals surface area contributed by atoms with Crippen LogP contribution < -0.4 is 14.5 Å². The number of likely N-dealkylation sites (tertiary alicyclic amines) is 1. The molecule has 0 aliphatic carbocycles. The van der Waals surface area contributed by atoms with E-state index >= 15 is 0 Å². The van der Waals surface area contributed by atoms with Gasteiger partial charge in [-0.25, -0.2) is 0 Å². The van der Waals surface area contributed by atoms with Gasteiger partial charge in [0.15, 0.2) is 0 Å². The number of fused-ring (bicyclic) bond motifs is 2. The molecule has 4 heterocycles. The number of aliphatic hydroxyl groups excluding tert-OH is 1. The molecular weight excluding hydrogens is 622 g/mol. The van der Waals surface area contributed by atoms with Gasteiger partial charge in [-0.3, -0.25) is 14.4 Å². The van der Waals surface area contributed by atoms with Gasteiger partial charge in [0.25, 0.3) is 5.91 Å². The van der Waals surface area contributed by atoms with Gasteiger partial charge in [-0.1, -0.05) is 66.2 Å². The molecular formula is C36H34ClN3O5S. The van der Waals surface area contributed by atoms with Crippen LogP contribution in [0.5, 0.6) is 5.75 Å². The summed E-state index contributed by atoms with van der Waals surface area (Å²) in [6.45, 7) is 2.73. The quantitative estimate of drug-likeness (QED) is 0.349. The number of rotatable bonds is 7. The number of carbonyl (C=O) groups excluding carboxylic acids is 3. The summed E-state index contributed by atoms with van der Waals surface area (Å²) in [7, 11) is 0. The van der Waals surface area contributed by atoms with Gasteiger partial charge in [-0.05, 0) is 61.0 Å². The van der Waals surface area contributed by atoms with Gasteiger partial charge in [0.1, 0.15) is 11.8 Å². The Morgan fingerprint density at radius 1 is 0.891 bits per heavy atom. The van der Waals surface area contributed by atoms with E-state index in [1.165, 1.54) is 11.8 Å². The van der Waals surface area contributed by atoms with E-state index < -0.39 is 28.7 Å². The maximum atomic E-state index is 14.9. The third-order valence-electron chi connectivity index (χ3n) is 9.39. The minimum absolute atomic E-state index is 0.164. The lowest BCUT2D eigenvalue weighted by atomic mass is 9.78. The molecule has 0 aromatic heterocycles. The molecule has 0 saturated carbocycles. The van der Waals surface area contributed by atoms with Crippen molar-refractivity contribution in [1.29, 1.82) is 0 Å². The molecule has 8 nitrogen and oxygen atoms in total. The van der Waals surface area contributed by atoms with Crippen molar-refractivity contribution in [3.05, 3.63) is 114 Å². The van der Waals surface area contributed by atoms with Crippen molar-refractivity contribution in [2.75, 3.05) is 36.1 Å². The van der Waals surface area contributed by atoms with Gasteiger partial charge >= 0.3 is 0 Å². The molecule has 3 amide bonds. The topological polar surface area (TPSA) is 90.4 Å². The van der Waals surface area contributed by atoms with Gasteiger partial charge in [0.05, 0.1) is 35.8 Å². The first kappa shape index (κ1) is 30.6. The number of amides is 3. The molecule has 7 rings (SSSR count). The average Bonchev–Trinajstić information content (AvgIpc) is 3.38. The van der Waals surface area contributed by atoms with Crippen LogP contribution in [0, 0.1) is 11.8 Å². The molecule has 1 N–H and O–H groups in total. The van der Waals surface area contributed by atoms with E-state index in [1.54, 1.807) is 39.0 Å². The minimum atomic E-state index is -1.03. The van der Waals surface area contributed by atoms with Crippen molar-refractivity contribution < 1.29 is 24.2 Å². The van der Waals surface area contributed by atoms with E-state index in [0.29, 0.717) is 41.8 Å². The molecule has 10 heteroatoms. The molecule has 0 radical (unpaired) electrons. The second kappa shape index (κ2) is 12.3. The minimum Gasteiger partial charge on any atom is -0.494 e. The summed E-state index contributed by atoms with van der Waals surface area (Å²) in [5.41, 5.74) is 2.08. The first-order valence-electron chi connectivity index (χ1n) is 15.5. The number of ether oxygens (including phenoxy) is 1. The first-order chi connectivity index (χ1) is 22.4. The largest absolute Gasteiger partial charge is 0.494 e. The maximum Gasteiger partial charge on any atom is 0.251 e. The van der Waals surface area contributed by atoms with Crippen molar-refractivity contribution >= 4 is 52.5 Å². The highest BCUT2D eigenvalue weighted by Gasteiger charge is 2.72. The zero-order valence-corrected chi connectivity index (χ0v) is 26.8. The molecule has 1 unspecified atom stereocenters. The Hall–Kier alpha value is -4.05. The van der Waals surface area contributed by atoms with E-state index in [4.69, 9.17) is 16.3 Å². The van der Waals surface area contributed by atoms with Crippen molar-refractivity contribution in [3.8, 4) is 5.75 Å². The van der Waals surface area contributed by atoms with Crippen LogP contribution in [0.25, 0.3) is 0 Å². The van der Waals surface area contributed by atoms with Gasteiger partial charge in [0, 0.05) is 34.7 Å². The molecule has 3 aromatic rings. The second-order valence-electron chi connectivity index (χ2n) is 11.8. The van der Waals surface area contributed by atoms with Gasteiger partial charge in [-0.2, -0.15) is 0 Å². The Morgan fingerprint density at radius 3 is 2.22 bits per heavy atom. The van der Waals surface area contributed by atoms with Crippen molar-refractivity contribution in [1.82, 2.24) is 4.90 Å². The normalized spacial score (nSPS) is 27.6. The smallest absolute Gasteiger partial charge is 0.251 e. The highest BCUT2D eigenvalue weighted by molar-refractivity contribution is 8.02. The number of carbonyl (C=O) groups is 3. The van der Waals surface area contributed by atoms with Crippen LogP contribution >= 0.6 is 23.4 Å². The monoisotopic (exact) mass is 655 g/mol. The summed E-state index contributed by atoms with van der Waals surface area (Å²) >= 11 is 7.69. The third-order valence-corrected chi connectivity index (χ3v) is 11.4. The Labute approximate surface area is 277 Å². The SMILES string of the molecule is CCOc1ccc(N2CC=C[C@@H]3S[C@]45C=CCN(c6ccc(Cl)cc6)C(=O)C4N([C@H](CO)c4ccccc4)C(=O)[C@@H]5[C@@H]3C2=O)cc1. The van der Waals surface area contributed by atoms with Gasteiger partial charge < -0.3 is 24.5 Å². The van der Waals surface area contributed by atoms with Crippen LogP contribution in [0.15, 0.2) is 103 Å². The molecule has 6 atom stereocenters. The number of benzene rings is 3. The highest BCUT2D eigenvalue weighted by atomic mass is 35.5. The number of anilines is 2. The van der Waals surface area contributed by atoms with E-state index in [9.17, 15) is 19.5 Å². The fraction of sp³-hybridized carbons (Fsp3) is 0.306. The van der Waals surface area contributed by atoms with Crippen LogP contribution in [-0.2, 0) is 14.4 Å². The fourth-order valence-electron chi connectivity index (χ4n) is 7.42. The Morgan fingerprint density at radius 2 is 1.54 bits per heavy atom. The van der Waals surface area contributed by atoms with Crippen LogP contribution in [0.4, 0.5) is 11.4 Å². The number of hydrogen-bond acceptors (Lipinski definition) is 6. The summed E-state index contributed by atoms with van der Waals surface area (Å²) in [5.74, 6) is -1.56. The fourth-order valence-corrected chi connectivity index (χ4v) is 9.53. The molecule has 4 aliphatic rings. The third kappa shape index (κ3) is 4.92. The predicted molar refractivity (Wildman–Crippen MR) is 180 cm³/mol. The molecule has 46 heavy (non-hydrogen) atoms. The second-order valence-corrected chi connectivity index (χ2v) is 13.8. The van der Waals surface area contributed by atoms with Crippen molar-refractivity contribution in [2.24, 2.45) is 11.8 Å². The summed E-state index contributed by atoms with van der Waals surface area (Å²) < 4.78 is 4.57. The lowest BCUT2D eigenvalue weighted by molar-refractivity contribution is -0.141. The number of hydrogen-bond donors (Lipinski definition) is 1. The van der Waals surface area contributed by atoms with E-state index in [2.05, 4.69) is 0 Å². The molecule has 2 saturated heterocycles. The average molecular weight is 656 g/mol. The summed E-state index contributed by atoms with van der Waals surface area (Å²) in [5, 5.41) is 11.0. The number of aliphatic hydroxyl groups is 1. The Kier molecular flexibility index (Phi) is 8.17. The Bertz CT molecular complexity index is 1700. The van der Waals surface area contributed by atoms with Gasteiger partial charge in [0.2, 0.25) is 11.8 Å². The Balaban J connectivity index is 1.33. The molecule has 1 spiro atoms. The summed E-state index contributed by atoms with van der Waals surface area (Å²) in [4.78, 5) is 49.3. The van der Waals surface area contributed by atoms with E-state index in [1.807, 2.05) is 85.8 Å². The van der Waals surface area contributed by atoms with Crippen LogP contribution in [0.1, 0.15) is 18.5 Å². The van der Waals surface area contributed by atoms with Crippen LogP contribution in [-0.4, -0.2) is 70.1 Å². The lowest BCUT2D eigenvalue weighted by Gasteiger charge is -2.38.